The molecule has 0 aliphatic carbocycles. The molecule has 84 valence electrons. The minimum Gasteiger partial charge on any atom is -0.469 e. The van der Waals surface area contributed by atoms with Gasteiger partial charge in [-0.25, -0.2) is 0 Å². The summed E-state index contributed by atoms with van der Waals surface area (Å²) >= 11 is 0. The van der Waals surface area contributed by atoms with Gasteiger partial charge in [-0.1, -0.05) is 30.3 Å². The first kappa shape index (κ1) is 11.0. The van der Waals surface area contributed by atoms with Gasteiger partial charge >= 0.3 is 0 Å². The number of aliphatic hydroxyl groups excluding tert-OH is 1. The van der Waals surface area contributed by atoms with Gasteiger partial charge in [0, 0.05) is 18.6 Å². The summed E-state index contributed by atoms with van der Waals surface area (Å²) in [5.74, 6) is 1.01. The lowest BCUT2D eigenvalue weighted by Crippen LogP contribution is -1.89. The molecule has 1 aromatic carbocycles. The van der Waals surface area contributed by atoms with Crippen molar-refractivity contribution >= 4 is 0 Å². The Morgan fingerprint density at radius 1 is 1.00 bits per heavy atom. The van der Waals surface area contributed by atoms with E-state index in [4.69, 9.17) is 9.52 Å². The summed E-state index contributed by atoms with van der Waals surface area (Å²) in [4.78, 5) is 0. The lowest BCUT2D eigenvalue weighted by atomic mass is 10.0. The molecule has 0 atom stereocenters. The fourth-order valence-electron chi connectivity index (χ4n) is 1.81. The highest BCUT2D eigenvalue weighted by Gasteiger charge is 2.07. The highest BCUT2D eigenvalue weighted by Crippen LogP contribution is 2.25. The second kappa shape index (κ2) is 5.52. The van der Waals surface area contributed by atoms with E-state index in [-0.39, 0.29) is 6.61 Å². The van der Waals surface area contributed by atoms with Crippen molar-refractivity contribution in [3.05, 3.63) is 48.4 Å². The molecule has 0 radical (unpaired) electrons. The van der Waals surface area contributed by atoms with E-state index in [2.05, 4.69) is 12.1 Å². The number of rotatable bonds is 5. The minimum atomic E-state index is 0.251. The van der Waals surface area contributed by atoms with Crippen LogP contribution in [0.1, 0.15) is 18.6 Å². The fraction of sp³-hybridized carbons (Fsp3) is 0.286. The van der Waals surface area contributed by atoms with Gasteiger partial charge in [-0.15, -0.1) is 0 Å². The van der Waals surface area contributed by atoms with Gasteiger partial charge in [0.1, 0.15) is 5.76 Å². The molecule has 0 amide bonds. The predicted molar refractivity (Wildman–Crippen MR) is 64.2 cm³/mol. The van der Waals surface area contributed by atoms with Crippen molar-refractivity contribution in [2.45, 2.75) is 19.3 Å². The maximum atomic E-state index is 8.75. The average molecular weight is 216 g/mol. The minimum absolute atomic E-state index is 0.251. The van der Waals surface area contributed by atoms with Gasteiger partial charge in [-0.05, 0) is 24.5 Å². The van der Waals surface area contributed by atoms with Gasteiger partial charge in [0.2, 0.25) is 0 Å². The Hall–Kier alpha value is -1.54. The molecule has 2 rings (SSSR count). The quantitative estimate of drug-likeness (QED) is 0.778. The number of aliphatic hydroxyl groups is 1. The topological polar surface area (TPSA) is 33.4 Å². The first-order valence-corrected chi connectivity index (χ1v) is 5.64. The third-order valence-corrected chi connectivity index (χ3v) is 2.64. The normalized spacial score (nSPS) is 10.6. The first-order valence-electron chi connectivity index (χ1n) is 5.64. The van der Waals surface area contributed by atoms with Crippen molar-refractivity contribution in [3.8, 4) is 11.1 Å². The van der Waals surface area contributed by atoms with Crippen LogP contribution in [-0.4, -0.2) is 11.7 Å². The first-order chi connectivity index (χ1) is 7.92. The molecule has 0 unspecified atom stereocenters. The average Bonchev–Trinajstić information content (AvgIpc) is 2.79. The Morgan fingerprint density at radius 2 is 1.81 bits per heavy atom. The van der Waals surface area contributed by atoms with E-state index in [0.717, 1.165) is 25.0 Å². The Balaban J connectivity index is 2.13. The number of hydrogen-bond acceptors (Lipinski definition) is 2. The van der Waals surface area contributed by atoms with Crippen LogP contribution in [-0.2, 0) is 6.42 Å². The molecule has 2 nitrogen and oxygen atoms in total. The van der Waals surface area contributed by atoms with E-state index in [9.17, 15) is 0 Å². The summed E-state index contributed by atoms with van der Waals surface area (Å²) in [6, 6.07) is 12.2. The molecule has 16 heavy (non-hydrogen) atoms. The van der Waals surface area contributed by atoms with Crippen LogP contribution in [0.5, 0.6) is 0 Å². The SMILES string of the molecule is OCCCCc1occc1-c1ccccc1. The van der Waals surface area contributed by atoms with Crippen molar-refractivity contribution in [3.63, 3.8) is 0 Å². The van der Waals surface area contributed by atoms with Crippen molar-refractivity contribution in [2.75, 3.05) is 6.61 Å². The summed E-state index contributed by atoms with van der Waals surface area (Å²) in [5.41, 5.74) is 2.36. The molecule has 0 saturated carbocycles. The number of furan rings is 1. The Kier molecular flexibility index (Phi) is 3.78. The third-order valence-electron chi connectivity index (χ3n) is 2.64. The molecule has 0 fully saturated rings. The second-order valence-corrected chi connectivity index (χ2v) is 3.80. The summed E-state index contributed by atoms with van der Waals surface area (Å²) in [6.45, 7) is 0.251. The van der Waals surface area contributed by atoms with Gasteiger partial charge in [-0.3, -0.25) is 0 Å². The van der Waals surface area contributed by atoms with Crippen LogP contribution in [0.25, 0.3) is 11.1 Å². The zero-order valence-corrected chi connectivity index (χ0v) is 9.23. The summed E-state index contributed by atoms with van der Waals surface area (Å²) in [6.07, 6.45) is 4.41. The standard InChI is InChI=1S/C14H16O2/c15-10-5-4-8-14-13(9-11-16-14)12-6-2-1-3-7-12/h1-3,6-7,9,11,15H,4-5,8,10H2. The van der Waals surface area contributed by atoms with E-state index in [1.165, 1.54) is 11.1 Å². The number of hydrogen-bond donors (Lipinski definition) is 1. The molecule has 0 spiro atoms. The van der Waals surface area contributed by atoms with Crippen LogP contribution in [0.15, 0.2) is 47.1 Å². The maximum absolute atomic E-state index is 8.75. The lowest BCUT2D eigenvalue weighted by molar-refractivity contribution is 0.283. The molecule has 1 aromatic heterocycles. The van der Waals surface area contributed by atoms with Crippen LogP contribution >= 0.6 is 0 Å². The number of aryl methyl sites for hydroxylation is 1. The van der Waals surface area contributed by atoms with Gasteiger partial charge in [0.25, 0.3) is 0 Å². The largest absolute Gasteiger partial charge is 0.469 e. The van der Waals surface area contributed by atoms with Crippen LogP contribution in [0.2, 0.25) is 0 Å². The summed E-state index contributed by atoms with van der Waals surface area (Å²) in [7, 11) is 0. The highest BCUT2D eigenvalue weighted by molar-refractivity contribution is 5.65. The summed E-state index contributed by atoms with van der Waals surface area (Å²) < 4.78 is 5.48. The van der Waals surface area contributed by atoms with E-state index in [1.807, 2.05) is 24.3 Å². The molecule has 1 N–H and O–H groups in total. The van der Waals surface area contributed by atoms with Crippen LogP contribution < -0.4 is 0 Å². The van der Waals surface area contributed by atoms with Crippen LogP contribution in [0.3, 0.4) is 0 Å². The molecular weight excluding hydrogens is 200 g/mol. The molecule has 2 aromatic rings. The molecule has 0 aliphatic heterocycles. The smallest absolute Gasteiger partial charge is 0.111 e. The second-order valence-electron chi connectivity index (χ2n) is 3.80. The molecule has 1 heterocycles. The van der Waals surface area contributed by atoms with Gasteiger partial charge in [-0.2, -0.15) is 0 Å². The maximum Gasteiger partial charge on any atom is 0.111 e. The highest BCUT2D eigenvalue weighted by atomic mass is 16.3. The lowest BCUT2D eigenvalue weighted by Gasteiger charge is -2.02. The number of unbranched alkanes of at least 4 members (excludes halogenated alkanes) is 1. The predicted octanol–water partition coefficient (Wildman–Crippen LogP) is 3.26. The molecule has 0 saturated heterocycles. The van der Waals surface area contributed by atoms with E-state index < -0.39 is 0 Å². The molecule has 0 bridgehead atoms. The van der Waals surface area contributed by atoms with Crippen molar-refractivity contribution in [1.29, 1.82) is 0 Å². The van der Waals surface area contributed by atoms with Crippen LogP contribution in [0, 0.1) is 0 Å². The molecule has 0 aliphatic rings. The van der Waals surface area contributed by atoms with Crippen molar-refractivity contribution in [1.82, 2.24) is 0 Å². The Labute approximate surface area is 95.5 Å². The van der Waals surface area contributed by atoms with E-state index >= 15 is 0 Å². The van der Waals surface area contributed by atoms with Gasteiger partial charge in [0.05, 0.1) is 6.26 Å². The van der Waals surface area contributed by atoms with E-state index in [1.54, 1.807) is 6.26 Å². The monoisotopic (exact) mass is 216 g/mol. The fourth-order valence-corrected chi connectivity index (χ4v) is 1.81. The molecular formula is C14H16O2. The van der Waals surface area contributed by atoms with Crippen LogP contribution in [0.4, 0.5) is 0 Å². The van der Waals surface area contributed by atoms with Gasteiger partial charge in [0.15, 0.2) is 0 Å². The van der Waals surface area contributed by atoms with E-state index in [0.29, 0.717) is 0 Å². The Bertz CT molecular complexity index is 417. The molecule has 2 heteroatoms. The summed E-state index contributed by atoms with van der Waals surface area (Å²) in [5, 5.41) is 8.75. The van der Waals surface area contributed by atoms with Gasteiger partial charge < -0.3 is 9.52 Å². The Morgan fingerprint density at radius 3 is 2.56 bits per heavy atom. The zero-order valence-electron chi connectivity index (χ0n) is 9.23. The third kappa shape index (κ3) is 2.52. The van der Waals surface area contributed by atoms with Crippen molar-refractivity contribution in [2.24, 2.45) is 0 Å². The van der Waals surface area contributed by atoms with Crippen molar-refractivity contribution < 1.29 is 9.52 Å². The zero-order chi connectivity index (χ0) is 11.2. The number of benzene rings is 1.